The SMILES string of the molecule is COc1ccccc1COc1ccc(S(=O)(=O)C2CCN(C(N)=O)CC2(O)C(=O)O)cc1. The number of benzene rings is 2. The largest absolute Gasteiger partial charge is 0.496 e. The number of carbonyl (C=O) groups is 2. The predicted octanol–water partition coefficient (Wildman–Crippen LogP) is 1.02. The Morgan fingerprint density at radius 3 is 2.44 bits per heavy atom. The van der Waals surface area contributed by atoms with Gasteiger partial charge in [0.25, 0.3) is 0 Å². The molecule has 0 aromatic heterocycles. The summed E-state index contributed by atoms with van der Waals surface area (Å²) in [6.07, 6.45) is -0.278. The second-order valence-electron chi connectivity index (χ2n) is 7.38. The molecule has 1 aliphatic heterocycles. The molecule has 32 heavy (non-hydrogen) atoms. The zero-order chi connectivity index (χ0) is 23.5. The minimum atomic E-state index is -4.24. The molecular formula is C21H24N2O8S. The van der Waals surface area contributed by atoms with Gasteiger partial charge in [-0.15, -0.1) is 0 Å². The highest BCUT2D eigenvalue weighted by Crippen LogP contribution is 2.33. The number of rotatable bonds is 7. The lowest BCUT2D eigenvalue weighted by atomic mass is 9.92. The fourth-order valence-corrected chi connectivity index (χ4v) is 5.61. The Kier molecular flexibility index (Phi) is 6.60. The molecule has 2 atom stereocenters. The number of nitrogens with zero attached hydrogens (tertiary/aromatic N) is 1. The number of carboxylic acid groups (broad SMARTS) is 1. The van der Waals surface area contributed by atoms with Crippen LogP contribution in [0.1, 0.15) is 12.0 Å². The topological polar surface area (TPSA) is 156 Å². The molecule has 3 rings (SSSR count). The van der Waals surface area contributed by atoms with Crippen molar-refractivity contribution >= 4 is 21.8 Å². The van der Waals surface area contributed by atoms with Crippen LogP contribution in [-0.2, 0) is 21.2 Å². The molecule has 2 amide bonds. The van der Waals surface area contributed by atoms with E-state index in [0.717, 1.165) is 10.5 Å². The standard InChI is InChI=1S/C21H24N2O8S/c1-30-17-5-3-2-4-14(17)12-31-15-6-8-16(9-7-15)32(28,29)18-10-11-23(20(22)26)13-21(18,27)19(24)25/h2-9,18,27H,10-13H2,1H3,(H2,22,26)(H,24,25). The van der Waals surface area contributed by atoms with E-state index in [1.807, 2.05) is 18.2 Å². The number of piperidine rings is 1. The number of hydrogen-bond acceptors (Lipinski definition) is 7. The quantitative estimate of drug-likeness (QED) is 0.548. The molecule has 10 nitrogen and oxygen atoms in total. The number of nitrogens with two attached hydrogens (primary N) is 1. The van der Waals surface area contributed by atoms with Crippen LogP contribution in [0.3, 0.4) is 0 Å². The Morgan fingerprint density at radius 1 is 1.19 bits per heavy atom. The molecule has 0 saturated carbocycles. The molecule has 0 aliphatic carbocycles. The Labute approximate surface area is 185 Å². The third-order valence-corrected chi connectivity index (χ3v) is 7.73. The maximum Gasteiger partial charge on any atom is 0.338 e. The summed E-state index contributed by atoms with van der Waals surface area (Å²) in [5.74, 6) is -0.692. The third-order valence-electron chi connectivity index (χ3n) is 5.42. The predicted molar refractivity (Wildman–Crippen MR) is 113 cm³/mol. The van der Waals surface area contributed by atoms with E-state index in [-0.39, 0.29) is 24.5 Å². The molecule has 172 valence electrons. The van der Waals surface area contributed by atoms with E-state index in [1.165, 1.54) is 24.3 Å². The Morgan fingerprint density at radius 2 is 1.84 bits per heavy atom. The van der Waals surface area contributed by atoms with Gasteiger partial charge in [0.05, 0.1) is 18.6 Å². The van der Waals surface area contributed by atoms with Crippen LogP contribution >= 0.6 is 0 Å². The Bertz CT molecular complexity index is 1100. The monoisotopic (exact) mass is 464 g/mol. The number of hydrogen-bond donors (Lipinski definition) is 3. The molecule has 1 aliphatic rings. The summed E-state index contributed by atoms with van der Waals surface area (Å²) in [5.41, 5.74) is 3.29. The molecule has 2 unspecified atom stereocenters. The van der Waals surface area contributed by atoms with Crippen molar-refractivity contribution in [2.24, 2.45) is 5.73 Å². The number of aliphatic hydroxyl groups is 1. The van der Waals surface area contributed by atoms with E-state index in [2.05, 4.69) is 0 Å². The molecule has 2 aromatic rings. The first kappa shape index (κ1) is 23.4. The second kappa shape index (κ2) is 9.05. The van der Waals surface area contributed by atoms with E-state index in [9.17, 15) is 28.2 Å². The lowest BCUT2D eigenvalue weighted by molar-refractivity contribution is -0.162. The Hall–Kier alpha value is -3.31. The van der Waals surface area contributed by atoms with Gasteiger partial charge in [-0.2, -0.15) is 0 Å². The van der Waals surface area contributed by atoms with Crippen molar-refractivity contribution in [2.45, 2.75) is 28.8 Å². The molecule has 0 radical (unpaired) electrons. The van der Waals surface area contributed by atoms with Crippen LogP contribution in [-0.4, -0.2) is 66.6 Å². The molecular weight excluding hydrogens is 440 g/mol. The zero-order valence-corrected chi connectivity index (χ0v) is 18.1. The van der Waals surface area contributed by atoms with Crippen LogP contribution in [0.15, 0.2) is 53.4 Å². The van der Waals surface area contributed by atoms with Crippen LogP contribution < -0.4 is 15.2 Å². The lowest BCUT2D eigenvalue weighted by Gasteiger charge is -2.40. The fourth-order valence-electron chi connectivity index (χ4n) is 3.66. The first-order valence-electron chi connectivity index (χ1n) is 9.68. The first-order valence-corrected chi connectivity index (χ1v) is 11.2. The summed E-state index contributed by atoms with van der Waals surface area (Å²) >= 11 is 0. The number of aliphatic carboxylic acids is 1. The summed E-state index contributed by atoms with van der Waals surface area (Å²) in [4.78, 5) is 23.9. The lowest BCUT2D eigenvalue weighted by Crippen LogP contribution is -2.65. The molecule has 11 heteroatoms. The average Bonchev–Trinajstić information content (AvgIpc) is 2.77. The number of sulfone groups is 1. The van der Waals surface area contributed by atoms with Crippen molar-refractivity contribution in [1.29, 1.82) is 0 Å². The summed E-state index contributed by atoms with van der Waals surface area (Å²) in [5, 5.41) is 18.5. The third kappa shape index (κ3) is 4.48. The van der Waals surface area contributed by atoms with Crippen molar-refractivity contribution < 1.29 is 37.7 Å². The fraction of sp³-hybridized carbons (Fsp3) is 0.333. The number of likely N-dealkylation sites (tertiary alicyclic amines) is 1. The summed E-state index contributed by atoms with van der Waals surface area (Å²) in [7, 11) is -2.70. The number of para-hydroxylation sites is 1. The number of amides is 2. The van der Waals surface area contributed by atoms with Gasteiger partial charge >= 0.3 is 12.0 Å². The zero-order valence-electron chi connectivity index (χ0n) is 17.3. The van der Waals surface area contributed by atoms with Crippen molar-refractivity contribution in [1.82, 2.24) is 4.90 Å². The van der Waals surface area contributed by atoms with Gasteiger partial charge in [-0.3, -0.25) is 0 Å². The van der Waals surface area contributed by atoms with Crippen LogP contribution in [0.2, 0.25) is 0 Å². The smallest absolute Gasteiger partial charge is 0.338 e. The summed E-state index contributed by atoms with van der Waals surface area (Å²) in [6.45, 7) is -0.614. The number of β-amino-alcohol motifs (C(OH)–C–C–N with tert-alkyl or cyclic N) is 1. The summed E-state index contributed by atoms with van der Waals surface area (Å²) in [6, 6.07) is 11.8. The molecule has 4 N–H and O–H groups in total. The van der Waals surface area contributed by atoms with Gasteiger partial charge in [0.2, 0.25) is 0 Å². The average molecular weight is 464 g/mol. The minimum Gasteiger partial charge on any atom is -0.496 e. The van der Waals surface area contributed by atoms with Gasteiger partial charge in [0.1, 0.15) is 23.4 Å². The highest BCUT2D eigenvalue weighted by molar-refractivity contribution is 7.92. The van der Waals surface area contributed by atoms with E-state index < -0.39 is 39.2 Å². The van der Waals surface area contributed by atoms with Gasteiger partial charge in [0.15, 0.2) is 15.4 Å². The Balaban J connectivity index is 1.79. The maximum atomic E-state index is 13.1. The number of ether oxygens (including phenoxy) is 2. The van der Waals surface area contributed by atoms with Crippen molar-refractivity contribution in [3.8, 4) is 11.5 Å². The molecule has 1 saturated heterocycles. The first-order chi connectivity index (χ1) is 15.1. The second-order valence-corrected chi connectivity index (χ2v) is 9.51. The van der Waals surface area contributed by atoms with Gasteiger partial charge in [-0.25, -0.2) is 18.0 Å². The van der Waals surface area contributed by atoms with E-state index in [0.29, 0.717) is 11.5 Å². The molecule has 1 fully saturated rings. The van der Waals surface area contributed by atoms with Crippen molar-refractivity contribution in [3.63, 3.8) is 0 Å². The van der Waals surface area contributed by atoms with Crippen molar-refractivity contribution in [2.75, 3.05) is 20.2 Å². The molecule has 1 heterocycles. The van der Waals surface area contributed by atoms with Crippen molar-refractivity contribution in [3.05, 3.63) is 54.1 Å². The number of primary amides is 1. The number of carbonyl (C=O) groups excluding carboxylic acids is 1. The van der Waals surface area contributed by atoms with Gasteiger partial charge in [-0.1, -0.05) is 18.2 Å². The van der Waals surface area contributed by atoms with E-state index in [1.54, 1.807) is 13.2 Å². The van der Waals surface area contributed by atoms with Crippen LogP contribution in [0, 0.1) is 0 Å². The highest BCUT2D eigenvalue weighted by Gasteiger charge is 2.55. The van der Waals surface area contributed by atoms with Gasteiger partial charge < -0.3 is 30.3 Å². The number of urea groups is 1. The van der Waals surface area contributed by atoms with Crippen LogP contribution in [0.4, 0.5) is 4.79 Å². The molecule has 0 bridgehead atoms. The highest BCUT2D eigenvalue weighted by atomic mass is 32.2. The van der Waals surface area contributed by atoms with Gasteiger partial charge in [-0.05, 0) is 36.8 Å². The maximum absolute atomic E-state index is 13.1. The number of methoxy groups -OCH3 is 1. The normalized spacial score (nSPS) is 21.1. The minimum absolute atomic E-state index is 0.0884. The molecule has 0 spiro atoms. The van der Waals surface area contributed by atoms with E-state index in [4.69, 9.17) is 15.2 Å². The molecule has 2 aromatic carbocycles. The number of carboxylic acids is 1. The van der Waals surface area contributed by atoms with Gasteiger partial charge in [0, 0.05) is 12.1 Å². The summed E-state index contributed by atoms with van der Waals surface area (Å²) < 4.78 is 37.2. The van der Waals surface area contributed by atoms with E-state index >= 15 is 0 Å². The van der Waals surface area contributed by atoms with Crippen LogP contribution in [0.25, 0.3) is 0 Å². The van der Waals surface area contributed by atoms with Crippen LogP contribution in [0.5, 0.6) is 11.5 Å².